The Morgan fingerprint density at radius 1 is 1.28 bits per heavy atom. The van der Waals surface area contributed by atoms with E-state index in [1.807, 2.05) is 0 Å². The molecule has 0 radical (unpaired) electrons. The monoisotopic (exact) mass is 276 g/mol. The van der Waals surface area contributed by atoms with Gasteiger partial charge in [-0.25, -0.2) is 8.42 Å². The van der Waals surface area contributed by atoms with E-state index in [4.69, 9.17) is 0 Å². The molecular weight excluding hydrogens is 262 g/mol. The molecule has 1 aliphatic heterocycles. The Morgan fingerprint density at radius 2 is 1.83 bits per heavy atom. The van der Waals surface area contributed by atoms with Gasteiger partial charge in [0, 0.05) is 5.56 Å². The molecule has 0 amide bonds. The third kappa shape index (κ3) is 1.52. The molecule has 0 fully saturated rings. The molecule has 1 aromatic carbocycles. The Kier molecular flexibility index (Phi) is 2.62. The Morgan fingerprint density at radius 3 is 2.33 bits per heavy atom. The Labute approximate surface area is 104 Å². The maximum Gasteiger partial charge on any atom is 0.379 e. The van der Waals surface area contributed by atoms with E-state index in [0.29, 0.717) is 5.56 Å². The SMILES string of the molecule is CC(C)(C)c1cccc2c1C(O)C(F)(F)S2(=O)=O. The fourth-order valence-electron chi connectivity index (χ4n) is 2.18. The van der Waals surface area contributed by atoms with Crippen LogP contribution in [0.2, 0.25) is 0 Å². The third-order valence-corrected chi connectivity index (χ3v) is 4.99. The zero-order chi connectivity index (χ0) is 13.9. The molecule has 1 heterocycles. The summed E-state index contributed by atoms with van der Waals surface area (Å²) in [5, 5.41) is 5.50. The average molecular weight is 276 g/mol. The molecule has 0 aliphatic carbocycles. The van der Waals surface area contributed by atoms with Crippen molar-refractivity contribution in [2.45, 2.75) is 42.4 Å². The van der Waals surface area contributed by atoms with Crippen molar-refractivity contribution in [3.05, 3.63) is 29.3 Å². The lowest BCUT2D eigenvalue weighted by Gasteiger charge is -2.23. The predicted octanol–water partition coefficient (Wildman–Crippen LogP) is 2.40. The number of rotatable bonds is 0. The summed E-state index contributed by atoms with van der Waals surface area (Å²) in [6, 6.07) is 4.11. The highest BCUT2D eigenvalue weighted by Crippen LogP contribution is 2.51. The molecule has 3 nitrogen and oxygen atoms in total. The second-order valence-corrected chi connectivity index (χ2v) is 7.43. The summed E-state index contributed by atoms with van der Waals surface area (Å²) in [5.74, 6) is 0. The van der Waals surface area contributed by atoms with Gasteiger partial charge in [-0.3, -0.25) is 0 Å². The highest BCUT2D eigenvalue weighted by Gasteiger charge is 2.61. The van der Waals surface area contributed by atoms with Crippen LogP contribution in [-0.2, 0) is 15.3 Å². The highest BCUT2D eigenvalue weighted by atomic mass is 32.2. The fourth-order valence-corrected chi connectivity index (χ4v) is 3.65. The highest BCUT2D eigenvalue weighted by molar-refractivity contribution is 7.92. The minimum Gasteiger partial charge on any atom is -0.381 e. The molecule has 0 aromatic heterocycles. The Hall–Kier alpha value is -1.01. The summed E-state index contributed by atoms with van der Waals surface area (Å²) in [7, 11) is -4.80. The van der Waals surface area contributed by atoms with E-state index in [0.717, 1.165) is 6.07 Å². The summed E-state index contributed by atoms with van der Waals surface area (Å²) in [6.45, 7) is 5.33. The van der Waals surface area contributed by atoms with Gasteiger partial charge in [0.15, 0.2) is 6.10 Å². The van der Waals surface area contributed by atoms with Crippen LogP contribution >= 0.6 is 0 Å². The van der Waals surface area contributed by atoms with E-state index < -0.39 is 31.5 Å². The van der Waals surface area contributed by atoms with Crippen LogP contribution in [0.15, 0.2) is 23.1 Å². The van der Waals surface area contributed by atoms with Gasteiger partial charge in [-0.1, -0.05) is 32.9 Å². The van der Waals surface area contributed by atoms with Gasteiger partial charge in [0.25, 0.3) is 0 Å². The van der Waals surface area contributed by atoms with Crippen molar-refractivity contribution in [1.82, 2.24) is 0 Å². The van der Waals surface area contributed by atoms with E-state index in [-0.39, 0.29) is 5.56 Å². The molecule has 1 N–H and O–H groups in total. The Balaban J connectivity index is 2.85. The number of halogens is 2. The number of fused-ring (bicyclic) bond motifs is 1. The smallest absolute Gasteiger partial charge is 0.379 e. The molecule has 18 heavy (non-hydrogen) atoms. The first-order chi connectivity index (χ1) is 8.01. The van der Waals surface area contributed by atoms with Gasteiger partial charge in [0.2, 0.25) is 9.84 Å². The molecule has 100 valence electrons. The zero-order valence-corrected chi connectivity index (χ0v) is 11.1. The van der Waals surface area contributed by atoms with Gasteiger partial charge in [-0.15, -0.1) is 0 Å². The second-order valence-electron chi connectivity index (χ2n) is 5.44. The number of benzene rings is 1. The first kappa shape index (κ1) is 13.4. The number of aliphatic hydroxyl groups excluding tert-OH is 1. The molecule has 0 saturated carbocycles. The van der Waals surface area contributed by atoms with Crippen molar-refractivity contribution in [3.63, 3.8) is 0 Å². The first-order valence-corrected chi connectivity index (χ1v) is 6.93. The van der Waals surface area contributed by atoms with Gasteiger partial charge < -0.3 is 5.11 Å². The van der Waals surface area contributed by atoms with E-state index in [1.165, 1.54) is 6.07 Å². The van der Waals surface area contributed by atoms with Crippen LogP contribution in [0.25, 0.3) is 0 Å². The first-order valence-electron chi connectivity index (χ1n) is 5.45. The van der Waals surface area contributed by atoms with Crippen molar-refractivity contribution in [3.8, 4) is 0 Å². The standard InChI is InChI=1S/C12H14F2O3S/c1-11(2,3)7-5-4-6-8-9(7)10(15)12(13,14)18(8,16)17/h4-6,10,15H,1-3H3. The van der Waals surface area contributed by atoms with Crippen LogP contribution in [0.3, 0.4) is 0 Å². The van der Waals surface area contributed by atoms with Crippen LogP contribution in [0.5, 0.6) is 0 Å². The van der Waals surface area contributed by atoms with Crippen LogP contribution in [0.1, 0.15) is 38.0 Å². The molecule has 1 atom stereocenters. The fraction of sp³-hybridized carbons (Fsp3) is 0.500. The molecule has 2 rings (SSSR count). The van der Waals surface area contributed by atoms with Crippen molar-refractivity contribution in [2.75, 3.05) is 0 Å². The molecule has 0 bridgehead atoms. The van der Waals surface area contributed by atoms with Crippen molar-refractivity contribution < 1.29 is 22.3 Å². The Bertz CT molecular complexity index is 600. The van der Waals surface area contributed by atoms with Gasteiger partial charge in [0.05, 0.1) is 4.90 Å². The minimum atomic E-state index is -4.80. The largest absolute Gasteiger partial charge is 0.381 e. The van der Waals surface area contributed by atoms with E-state index in [2.05, 4.69) is 0 Å². The maximum absolute atomic E-state index is 13.6. The van der Waals surface area contributed by atoms with Crippen LogP contribution in [0, 0.1) is 0 Å². The number of aliphatic hydroxyl groups is 1. The van der Waals surface area contributed by atoms with Crippen molar-refractivity contribution >= 4 is 9.84 Å². The van der Waals surface area contributed by atoms with Gasteiger partial charge in [0.1, 0.15) is 0 Å². The molecule has 1 aromatic rings. The molecule has 1 unspecified atom stereocenters. The molecule has 6 heteroatoms. The topological polar surface area (TPSA) is 54.4 Å². The minimum absolute atomic E-state index is 0.171. The number of hydrogen-bond acceptors (Lipinski definition) is 3. The summed E-state index contributed by atoms with van der Waals surface area (Å²) < 4.78 is 50.6. The van der Waals surface area contributed by atoms with Gasteiger partial charge in [-0.05, 0) is 17.0 Å². The van der Waals surface area contributed by atoms with Gasteiger partial charge >= 0.3 is 5.25 Å². The summed E-state index contributed by atoms with van der Waals surface area (Å²) in [4.78, 5) is -0.465. The molecule has 0 spiro atoms. The van der Waals surface area contributed by atoms with Gasteiger partial charge in [-0.2, -0.15) is 8.78 Å². The van der Waals surface area contributed by atoms with E-state index in [1.54, 1.807) is 26.8 Å². The number of hydrogen-bond donors (Lipinski definition) is 1. The lowest BCUT2D eigenvalue weighted by Crippen LogP contribution is -2.29. The van der Waals surface area contributed by atoms with Crippen LogP contribution < -0.4 is 0 Å². The number of alkyl halides is 2. The summed E-state index contributed by atoms with van der Waals surface area (Å²) in [5.41, 5.74) is -0.273. The lowest BCUT2D eigenvalue weighted by atomic mass is 9.82. The summed E-state index contributed by atoms with van der Waals surface area (Å²) in [6.07, 6.45) is -2.30. The average Bonchev–Trinajstić information content (AvgIpc) is 2.37. The lowest BCUT2D eigenvalue weighted by molar-refractivity contribution is -0.0382. The van der Waals surface area contributed by atoms with E-state index >= 15 is 0 Å². The van der Waals surface area contributed by atoms with Crippen molar-refractivity contribution in [2.24, 2.45) is 0 Å². The number of sulfone groups is 1. The third-order valence-electron chi connectivity index (χ3n) is 3.11. The quantitative estimate of drug-likeness (QED) is 0.791. The van der Waals surface area contributed by atoms with Crippen LogP contribution in [0.4, 0.5) is 8.78 Å². The molecule has 0 saturated heterocycles. The normalized spacial score (nSPS) is 24.9. The predicted molar refractivity (Wildman–Crippen MR) is 62.2 cm³/mol. The molecule has 1 aliphatic rings. The molecular formula is C12H14F2O3S. The van der Waals surface area contributed by atoms with E-state index in [9.17, 15) is 22.3 Å². The van der Waals surface area contributed by atoms with Crippen molar-refractivity contribution in [1.29, 1.82) is 0 Å². The van der Waals surface area contributed by atoms with Crippen LogP contribution in [-0.4, -0.2) is 18.8 Å². The zero-order valence-electron chi connectivity index (χ0n) is 10.2. The maximum atomic E-state index is 13.6. The summed E-state index contributed by atoms with van der Waals surface area (Å²) >= 11 is 0. The second kappa shape index (κ2) is 3.51.